The molecule has 2 aromatic heterocycles. The van der Waals surface area contributed by atoms with Crippen LogP contribution in [0.5, 0.6) is 11.5 Å². The average Bonchev–Trinajstić information content (AvgIpc) is 3.67. The average molecular weight is 581 g/mol. The number of piperazine rings is 1. The van der Waals surface area contributed by atoms with Crippen LogP contribution in [0.1, 0.15) is 35.4 Å². The van der Waals surface area contributed by atoms with Gasteiger partial charge in [0.25, 0.3) is 5.91 Å². The third-order valence-electron chi connectivity index (χ3n) is 7.78. The number of fused-ring (bicyclic) bond motifs is 1. The predicted molar refractivity (Wildman–Crippen MR) is 154 cm³/mol. The summed E-state index contributed by atoms with van der Waals surface area (Å²) in [7, 11) is 2.06. The van der Waals surface area contributed by atoms with Crippen LogP contribution in [0.2, 0.25) is 0 Å². The van der Waals surface area contributed by atoms with E-state index in [0.29, 0.717) is 39.6 Å². The summed E-state index contributed by atoms with van der Waals surface area (Å²) in [6, 6.07) is 7.43. The van der Waals surface area contributed by atoms with Crippen molar-refractivity contribution in [3.05, 3.63) is 47.2 Å². The third-order valence-corrected chi connectivity index (χ3v) is 8.91. The number of nitrogens with one attached hydrogen (secondary N) is 2. The minimum atomic E-state index is -0.628. The zero-order valence-electron chi connectivity index (χ0n) is 22.9. The molecule has 12 heteroatoms. The van der Waals surface area contributed by atoms with Crippen molar-refractivity contribution < 1.29 is 23.5 Å². The largest absolute Gasteiger partial charge is 0.453 e. The highest BCUT2D eigenvalue weighted by Gasteiger charge is 2.33. The SMILES string of the molecule is CN1CCN(C(=O)C2CCCN(C(=O)c3cc4nccc(Oc5ccc(NC(=O)NC6CC6)cc5F)c4s3)C2)CC1. The van der Waals surface area contributed by atoms with E-state index < -0.39 is 5.82 Å². The van der Waals surface area contributed by atoms with E-state index in [4.69, 9.17) is 4.74 Å². The molecule has 4 heterocycles. The molecule has 2 saturated heterocycles. The number of thiophene rings is 1. The van der Waals surface area contributed by atoms with Gasteiger partial charge in [0.1, 0.15) is 5.75 Å². The Labute approximate surface area is 241 Å². The van der Waals surface area contributed by atoms with Crippen LogP contribution >= 0.6 is 11.3 Å². The summed E-state index contributed by atoms with van der Waals surface area (Å²) >= 11 is 1.24. The third kappa shape index (κ3) is 6.28. The van der Waals surface area contributed by atoms with Crippen LogP contribution in [0.3, 0.4) is 0 Å². The number of halogens is 1. The molecule has 3 fully saturated rings. The van der Waals surface area contributed by atoms with E-state index in [1.165, 1.54) is 23.5 Å². The van der Waals surface area contributed by atoms with Gasteiger partial charge in [-0.15, -0.1) is 11.3 Å². The smallest absolute Gasteiger partial charge is 0.319 e. The zero-order chi connectivity index (χ0) is 28.5. The van der Waals surface area contributed by atoms with Crippen molar-refractivity contribution in [2.45, 2.75) is 31.7 Å². The molecule has 3 aliphatic rings. The molecule has 1 atom stereocenters. The Hall–Kier alpha value is -3.77. The highest BCUT2D eigenvalue weighted by Crippen LogP contribution is 2.37. The van der Waals surface area contributed by atoms with Crippen LogP contribution in [0.15, 0.2) is 36.5 Å². The summed E-state index contributed by atoms with van der Waals surface area (Å²) in [5.74, 6) is -0.448. The molecular formula is C29H33FN6O4S. The Kier molecular flexibility index (Phi) is 7.76. The number of likely N-dealkylation sites (N-methyl/N-ethyl adjacent to an activating group) is 1. The van der Waals surface area contributed by atoms with E-state index in [-0.39, 0.29) is 35.6 Å². The second kappa shape index (κ2) is 11.6. The van der Waals surface area contributed by atoms with Gasteiger partial charge in [-0.2, -0.15) is 0 Å². The number of aromatic nitrogens is 1. The van der Waals surface area contributed by atoms with Gasteiger partial charge < -0.3 is 30.1 Å². The number of carbonyl (C=O) groups excluding carboxylic acids is 3. The first-order chi connectivity index (χ1) is 19.8. The lowest BCUT2D eigenvalue weighted by molar-refractivity contribution is -0.138. The molecule has 2 aliphatic heterocycles. The fraction of sp³-hybridized carbons (Fsp3) is 0.448. The van der Waals surface area contributed by atoms with Crippen molar-refractivity contribution in [1.29, 1.82) is 0 Å². The van der Waals surface area contributed by atoms with Crippen molar-refractivity contribution in [3.63, 3.8) is 0 Å². The Bertz CT molecular complexity index is 1470. The lowest BCUT2D eigenvalue weighted by Gasteiger charge is -2.38. The molecule has 1 aromatic carbocycles. The standard InChI is InChI=1S/C29H33FN6O4S/c1-34-11-13-35(14-12-34)27(37)18-3-2-10-36(17-18)28(38)25-16-22-26(41-25)24(8-9-31-22)40-23-7-6-20(15-21(23)30)33-29(39)32-19-4-5-19/h6-9,15-16,18-19H,2-5,10-14,17H2,1H3,(H2,32,33,39). The lowest BCUT2D eigenvalue weighted by Crippen LogP contribution is -2.52. The second-order valence-corrected chi connectivity index (χ2v) is 12.0. The summed E-state index contributed by atoms with van der Waals surface area (Å²) in [5, 5.41) is 5.43. The fourth-order valence-electron chi connectivity index (χ4n) is 5.26. The molecule has 6 rings (SSSR count). The fourth-order valence-corrected chi connectivity index (χ4v) is 6.30. The van der Waals surface area contributed by atoms with Crippen LogP contribution in [-0.4, -0.2) is 89.9 Å². The molecule has 216 valence electrons. The Balaban J connectivity index is 1.13. The minimum Gasteiger partial charge on any atom is -0.453 e. The molecule has 0 spiro atoms. The first-order valence-corrected chi connectivity index (χ1v) is 14.9. The Morgan fingerprint density at radius 2 is 1.80 bits per heavy atom. The number of carbonyl (C=O) groups is 3. The van der Waals surface area contributed by atoms with Crippen LogP contribution in [0.25, 0.3) is 10.2 Å². The highest BCUT2D eigenvalue weighted by molar-refractivity contribution is 7.21. The summed E-state index contributed by atoms with van der Waals surface area (Å²) in [4.78, 5) is 49.4. The van der Waals surface area contributed by atoms with Crippen LogP contribution in [-0.2, 0) is 4.79 Å². The van der Waals surface area contributed by atoms with Gasteiger partial charge in [0.05, 0.1) is 21.0 Å². The molecule has 41 heavy (non-hydrogen) atoms. The van der Waals surface area contributed by atoms with Crippen molar-refractivity contribution in [2.75, 3.05) is 51.6 Å². The van der Waals surface area contributed by atoms with Crippen molar-refractivity contribution in [2.24, 2.45) is 5.92 Å². The van der Waals surface area contributed by atoms with Gasteiger partial charge in [-0.05, 0) is 50.9 Å². The van der Waals surface area contributed by atoms with Crippen LogP contribution < -0.4 is 15.4 Å². The van der Waals surface area contributed by atoms with E-state index in [1.807, 2.05) is 4.90 Å². The van der Waals surface area contributed by atoms with E-state index in [2.05, 4.69) is 27.6 Å². The van der Waals surface area contributed by atoms with Gasteiger partial charge in [0, 0.05) is 69.3 Å². The van der Waals surface area contributed by atoms with E-state index >= 15 is 0 Å². The van der Waals surface area contributed by atoms with Gasteiger partial charge >= 0.3 is 6.03 Å². The normalized spacial score (nSPS) is 19.7. The summed E-state index contributed by atoms with van der Waals surface area (Å²) in [6.45, 7) is 4.17. The minimum absolute atomic E-state index is 0.00628. The first-order valence-electron chi connectivity index (χ1n) is 14.0. The summed E-state index contributed by atoms with van der Waals surface area (Å²) < 4.78 is 21.4. The van der Waals surface area contributed by atoms with Crippen molar-refractivity contribution >= 4 is 45.1 Å². The van der Waals surface area contributed by atoms with Gasteiger partial charge in [0.2, 0.25) is 5.91 Å². The van der Waals surface area contributed by atoms with E-state index in [9.17, 15) is 18.8 Å². The van der Waals surface area contributed by atoms with Gasteiger partial charge in [-0.1, -0.05) is 0 Å². The number of ether oxygens (including phenoxy) is 1. The number of pyridine rings is 1. The lowest BCUT2D eigenvalue weighted by atomic mass is 9.96. The highest BCUT2D eigenvalue weighted by atomic mass is 32.1. The number of benzene rings is 1. The number of hydrogen-bond acceptors (Lipinski definition) is 7. The predicted octanol–water partition coefficient (Wildman–Crippen LogP) is 4.14. The number of rotatable bonds is 6. The van der Waals surface area contributed by atoms with Crippen LogP contribution in [0, 0.1) is 11.7 Å². The number of hydrogen-bond donors (Lipinski definition) is 2. The topological polar surface area (TPSA) is 107 Å². The number of likely N-dealkylation sites (tertiary alicyclic amines) is 1. The maximum absolute atomic E-state index is 14.9. The van der Waals surface area contributed by atoms with Gasteiger partial charge in [-0.3, -0.25) is 14.6 Å². The molecule has 0 bridgehead atoms. The number of urea groups is 1. The molecular weight excluding hydrogens is 547 g/mol. The number of amides is 4. The maximum atomic E-state index is 14.9. The van der Waals surface area contributed by atoms with Gasteiger partial charge in [-0.25, -0.2) is 9.18 Å². The molecule has 4 amide bonds. The molecule has 2 N–H and O–H groups in total. The molecule has 1 unspecified atom stereocenters. The molecule has 1 saturated carbocycles. The number of piperidine rings is 1. The van der Waals surface area contributed by atoms with Crippen molar-refractivity contribution in [3.8, 4) is 11.5 Å². The maximum Gasteiger partial charge on any atom is 0.319 e. The Morgan fingerprint density at radius 3 is 2.56 bits per heavy atom. The monoisotopic (exact) mass is 580 g/mol. The molecule has 1 aliphatic carbocycles. The summed E-state index contributed by atoms with van der Waals surface area (Å²) in [6.07, 6.45) is 5.03. The first kappa shape index (κ1) is 27.4. The van der Waals surface area contributed by atoms with E-state index in [0.717, 1.165) is 51.9 Å². The summed E-state index contributed by atoms with van der Waals surface area (Å²) in [5.41, 5.74) is 0.899. The number of anilines is 1. The molecule has 3 aromatic rings. The Morgan fingerprint density at radius 1 is 1.00 bits per heavy atom. The second-order valence-electron chi connectivity index (χ2n) is 11.0. The van der Waals surface area contributed by atoms with Crippen molar-refractivity contribution in [1.82, 2.24) is 25.0 Å². The molecule has 0 radical (unpaired) electrons. The quantitative estimate of drug-likeness (QED) is 0.454. The van der Waals surface area contributed by atoms with Gasteiger partial charge in [0.15, 0.2) is 11.6 Å². The zero-order valence-corrected chi connectivity index (χ0v) is 23.7. The number of nitrogens with zero attached hydrogens (tertiary/aromatic N) is 4. The molecule has 10 nitrogen and oxygen atoms in total. The van der Waals surface area contributed by atoms with Crippen LogP contribution in [0.4, 0.5) is 14.9 Å². The van der Waals surface area contributed by atoms with E-state index in [1.54, 1.807) is 29.3 Å².